The Labute approximate surface area is 61.0 Å². The Morgan fingerprint density at radius 3 is 2.10 bits per heavy atom. The van der Waals surface area contributed by atoms with E-state index in [1.165, 1.54) is 6.92 Å². The molecule has 0 saturated heterocycles. The topological polar surface area (TPSA) is 80.4 Å². The monoisotopic (exact) mass is 167 g/mol. The highest BCUT2D eigenvalue weighted by atomic mass is 32.2. The van der Waals surface area contributed by atoms with E-state index in [9.17, 15) is 8.42 Å². The van der Waals surface area contributed by atoms with Crippen LogP contribution in [0.3, 0.4) is 0 Å². The highest BCUT2D eigenvalue weighted by Crippen LogP contribution is 2.00. The molecule has 0 aliphatic rings. The van der Waals surface area contributed by atoms with Gasteiger partial charge < -0.3 is 10.8 Å². The van der Waals surface area contributed by atoms with E-state index in [0.717, 1.165) is 6.26 Å². The number of hydrogen-bond acceptors (Lipinski definition) is 4. The normalized spacial score (nSPS) is 18.4. The van der Waals surface area contributed by atoms with Gasteiger partial charge in [0.1, 0.15) is 9.84 Å². The SMILES string of the molecule is CC(N)(CO)CS(C)(=O)=O. The number of sulfone groups is 1. The van der Waals surface area contributed by atoms with Gasteiger partial charge >= 0.3 is 0 Å². The molecule has 0 aromatic rings. The second-order valence-electron chi connectivity index (χ2n) is 2.88. The predicted molar refractivity (Wildman–Crippen MR) is 39.4 cm³/mol. The maximum atomic E-state index is 10.6. The molecule has 62 valence electrons. The van der Waals surface area contributed by atoms with Crippen molar-refractivity contribution in [3.05, 3.63) is 0 Å². The van der Waals surface area contributed by atoms with Crippen molar-refractivity contribution in [1.82, 2.24) is 0 Å². The lowest BCUT2D eigenvalue weighted by Gasteiger charge is -2.19. The second-order valence-corrected chi connectivity index (χ2v) is 5.02. The van der Waals surface area contributed by atoms with Crippen LogP contribution in [0, 0.1) is 0 Å². The fourth-order valence-corrected chi connectivity index (χ4v) is 1.93. The highest BCUT2D eigenvalue weighted by Gasteiger charge is 2.22. The van der Waals surface area contributed by atoms with Crippen molar-refractivity contribution in [3.8, 4) is 0 Å². The average Bonchev–Trinajstić information content (AvgIpc) is 1.60. The van der Waals surface area contributed by atoms with E-state index in [4.69, 9.17) is 10.8 Å². The van der Waals surface area contributed by atoms with Crippen molar-refractivity contribution in [2.24, 2.45) is 5.73 Å². The van der Waals surface area contributed by atoms with E-state index in [0.29, 0.717) is 0 Å². The summed E-state index contributed by atoms with van der Waals surface area (Å²) in [6, 6.07) is 0. The summed E-state index contributed by atoms with van der Waals surface area (Å²) in [6.45, 7) is 1.17. The Bertz CT molecular complexity index is 195. The third-order valence-electron chi connectivity index (χ3n) is 0.953. The predicted octanol–water partition coefficient (Wildman–Crippen LogP) is -1.26. The molecule has 0 aliphatic heterocycles. The first kappa shape index (κ1) is 9.87. The molecular formula is C5H13NO3S. The van der Waals surface area contributed by atoms with Crippen molar-refractivity contribution >= 4 is 9.84 Å². The molecule has 0 radical (unpaired) electrons. The second kappa shape index (κ2) is 2.86. The van der Waals surface area contributed by atoms with Gasteiger partial charge in [-0.25, -0.2) is 8.42 Å². The molecule has 0 aromatic heterocycles. The fraction of sp³-hybridized carbons (Fsp3) is 1.00. The Morgan fingerprint density at radius 2 is 2.00 bits per heavy atom. The molecule has 0 aromatic carbocycles. The Hall–Kier alpha value is -0.130. The van der Waals surface area contributed by atoms with Gasteiger partial charge in [-0.1, -0.05) is 0 Å². The third-order valence-corrected chi connectivity index (χ3v) is 2.14. The largest absolute Gasteiger partial charge is 0.394 e. The maximum Gasteiger partial charge on any atom is 0.149 e. The lowest BCUT2D eigenvalue weighted by atomic mass is 10.1. The van der Waals surface area contributed by atoms with Crippen LogP contribution in [0.1, 0.15) is 6.92 Å². The maximum absolute atomic E-state index is 10.6. The van der Waals surface area contributed by atoms with Crippen LogP contribution in [0.4, 0.5) is 0 Å². The molecule has 0 heterocycles. The number of aliphatic hydroxyl groups is 1. The molecule has 0 fully saturated rings. The Balaban J connectivity index is 4.16. The standard InChI is InChI=1S/C5H13NO3S/c1-5(6,3-7)4-10(2,8)9/h7H,3-4,6H2,1-2H3. The lowest BCUT2D eigenvalue weighted by molar-refractivity contribution is 0.223. The van der Waals surface area contributed by atoms with Crippen LogP contribution in [-0.4, -0.2) is 37.7 Å². The molecule has 1 unspecified atom stereocenters. The number of hydrogen-bond donors (Lipinski definition) is 2. The van der Waals surface area contributed by atoms with Gasteiger partial charge in [-0.15, -0.1) is 0 Å². The van der Waals surface area contributed by atoms with Gasteiger partial charge in [-0.05, 0) is 6.92 Å². The summed E-state index contributed by atoms with van der Waals surface area (Å²) in [7, 11) is -3.08. The first-order chi connectivity index (χ1) is 4.27. The van der Waals surface area contributed by atoms with Crippen LogP contribution in [-0.2, 0) is 9.84 Å². The minimum Gasteiger partial charge on any atom is -0.394 e. The molecule has 0 amide bonds. The smallest absolute Gasteiger partial charge is 0.149 e. The Kier molecular flexibility index (Phi) is 2.82. The van der Waals surface area contributed by atoms with Gasteiger partial charge in [-0.2, -0.15) is 0 Å². The van der Waals surface area contributed by atoms with Crippen molar-refractivity contribution in [2.75, 3.05) is 18.6 Å². The van der Waals surface area contributed by atoms with Crippen molar-refractivity contribution in [1.29, 1.82) is 0 Å². The molecule has 0 saturated carbocycles. The van der Waals surface area contributed by atoms with Crippen molar-refractivity contribution < 1.29 is 13.5 Å². The van der Waals surface area contributed by atoms with Gasteiger partial charge in [0.15, 0.2) is 0 Å². The zero-order chi connectivity index (χ0) is 8.41. The summed E-state index contributed by atoms with van der Waals surface area (Å²) in [5.41, 5.74) is 4.37. The van der Waals surface area contributed by atoms with Crippen LogP contribution in [0.15, 0.2) is 0 Å². The summed E-state index contributed by atoms with van der Waals surface area (Å²) in [4.78, 5) is 0. The highest BCUT2D eigenvalue weighted by molar-refractivity contribution is 7.90. The van der Waals surface area contributed by atoms with Gasteiger partial charge in [0.25, 0.3) is 0 Å². The summed E-state index contributed by atoms with van der Waals surface area (Å²) < 4.78 is 21.2. The van der Waals surface area contributed by atoms with Crippen LogP contribution < -0.4 is 5.73 Å². The molecular weight excluding hydrogens is 154 g/mol. The lowest BCUT2D eigenvalue weighted by Crippen LogP contribution is -2.46. The van der Waals surface area contributed by atoms with Crippen LogP contribution >= 0.6 is 0 Å². The quantitative estimate of drug-likeness (QED) is 0.550. The summed E-state index contributed by atoms with van der Waals surface area (Å²) in [6.07, 6.45) is 1.09. The van der Waals surface area contributed by atoms with Crippen LogP contribution in [0.2, 0.25) is 0 Å². The van der Waals surface area contributed by atoms with Gasteiger partial charge in [0, 0.05) is 6.26 Å². The zero-order valence-corrected chi connectivity index (χ0v) is 6.98. The average molecular weight is 167 g/mol. The number of nitrogens with two attached hydrogens (primary N) is 1. The number of aliphatic hydroxyl groups excluding tert-OH is 1. The van der Waals surface area contributed by atoms with Gasteiger partial charge in [-0.3, -0.25) is 0 Å². The first-order valence-electron chi connectivity index (χ1n) is 2.84. The molecule has 3 N–H and O–H groups in total. The summed E-state index contributed by atoms with van der Waals surface area (Å²) in [5.74, 6) is -0.184. The van der Waals surface area contributed by atoms with Gasteiger partial charge in [0.2, 0.25) is 0 Å². The molecule has 0 rings (SSSR count). The number of rotatable bonds is 3. The van der Waals surface area contributed by atoms with E-state index in [1.54, 1.807) is 0 Å². The fourth-order valence-electron chi connectivity index (χ4n) is 0.645. The minimum absolute atomic E-state index is 0.184. The van der Waals surface area contributed by atoms with E-state index >= 15 is 0 Å². The molecule has 1 atom stereocenters. The molecule has 10 heavy (non-hydrogen) atoms. The Morgan fingerprint density at radius 1 is 1.60 bits per heavy atom. The zero-order valence-electron chi connectivity index (χ0n) is 6.16. The molecule has 5 heteroatoms. The van der Waals surface area contributed by atoms with Crippen molar-refractivity contribution in [3.63, 3.8) is 0 Å². The third kappa shape index (κ3) is 4.72. The van der Waals surface area contributed by atoms with E-state index in [1.807, 2.05) is 0 Å². The molecule has 0 spiro atoms. The van der Waals surface area contributed by atoms with E-state index in [-0.39, 0.29) is 12.4 Å². The van der Waals surface area contributed by atoms with E-state index in [2.05, 4.69) is 0 Å². The minimum atomic E-state index is -3.08. The first-order valence-corrected chi connectivity index (χ1v) is 4.90. The summed E-state index contributed by atoms with van der Waals surface area (Å²) >= 11 is 0. The van der Waals surface area contributed by atoms with Gasteiger partial charge in [0.05, 0.1) is 17.9 Å². The van der Waals surface area contributed by atoms with Crippen molar-refractivity contribution in [2.45, 2.75) is 12.5 Å². The molecule has 0 bridgehead atoms. The van der Waals surface area contributed by atoms with Crippen LogP contribution in [0.25, 0.3) is 0 Å². The van der Waals surface area contributed by atoms with Crippen LogP contribution in [0.5, 0.6) is 0 Å². The van der Waals surface area contributed by atoms with E-state index < -0.39 is 15.4 Å². The molecule has 0 aliphatic carbocycles. The summed E-state index contributed by atoms with van der Waals surface area (Å²) in [5, 5.41) is 8.57. The molecule has 4 nitrogen and oxygen atoms in total.